The Morgan fingerprint density at radius 3 is 2.22 bits per heavy atom. The maximum atomic E-state index is 10.3. The summed E-state index contributed by atoms with van der Waals surface area (Å²) in [4.78, 5) is 0. The maximum Gasteiger partial charge on any atom is 0.190 e. The summed E-state index contributed by atoms with van der Waals surface area (Å²) in [7, 11) is 0. The molecule has 18 heavy (non-hydrogen) atoms. The monoisotopic (exact) mass is 260 g/mol. The van der Waals surface area contributed by atoms with Crippen LogP contribution in [-0.2, 0) is 23.7 Å². The van der Waals surface area contributed by atoms with E-state index in [0.717, 1.165) is 0 Å². The van der Waals surface area contributed by atoms with Gasteiger partial charge in [0.25, 0.3) is 0 Å². The molecule has 0 bridgehead atoms. The Morgan fingerprint density at radius 2 is 1.67 bits per heavy atom. The molecule has 1 N–H and O–H groups in total. The third-order valence-corrected chi connectivity index (χ3v) is 3.45. The summed E-state index contributed by atoms with van der Waals surface area (Å²) >= 11 is 0. The van der Waals surface area contributed by atoms with E-state index in [9.17, 15) is 5.11 Å². The van der Waals surface area contributed by atoms with E-state index in [1.807, 2.05) is 13.8 Å². The highest BCUT2D eigenvalue weighted by Crippen LogP contribution is 2.40. The summed E-state index contributed by atoms with van der Waals surface area (Å²) in [6.45, 7) is 7.68. The third-order valence-electron chi connectivity index (χ3n) is 3.45. The molecule has 0 radical (unpaired) electrons. The van der Waals surface area contributed by atoms with Crippen LogP contribution in [0.4, 0.5) is 0 Å². The normalized spacial score (nSPS) is 49.5. The van der Waals surface area contributed by atoms with E-state index in [1.165, 1.54) is 0 Å². The minimum atomic E-state index is -0.765. The molecule has 3 rings (SSSR count). The van der Waals surface area contributed by atoms with Gasteiger partial charge in [-0.1, -0.05) is 0 Å². The van der Waals surface area contributed by atoms with Gasteiger partial charge in [-0.3, -0.25) is 0 Å². The van der Waals surface area contributed by atoms with Gasteiger partial charge in [0.05, 0.1) is 6.61 Å². The molecular weight excluding hydrogens is 240 g/mol. The number of aliphatic hydroxyl groups is 1. The lowest BCUT2D eigenvalue weighted by atomic mass is 10.1. The van der Waals surface area contributed by atoms with Crippen LogP contribution in [0.15, 0.2) is 0 Å². The first-order valence-electron chi connectivity index (χ1n) is 6.28. The summed E-state index contributed by atoms with van der Waals surface area (Å²) < 4.78 is 28.1. The summed E-state index contributed by atoms with van der Waals surface area (Å²) in [6.07, 6.45) is -2.53. The van der Waals surface area contributed by atoms with E-state index >= 15 is 0 Å². The van der Waals surface area contributed by atoms with Crippen LogP contribution in [0.5, 0.6) is 0 Å². The molecule has 3 fully saturated rings. The van der Waals surface area contributed by atoms with E-state index in [2.05, 4.69) is 0 Å². The van der Waals surface area contributed by atoms with Crippen molar-refractivity contribution < 1.29 is 28.8 Å². The first kappa shape index (κ1) is 12.8. The molecule has 104 valence electrons. The number of ether oxygens (including phenoxy) is 5. The van der Waals surface area contributed by atoms with Crippen LogP contribution in [0.1, 0.15) is 27.7 Å². The van der Waals surface area contributed by atoms with Crippen molar-refractivity contribution in [2.75, 3.05) is 6.61 Å². The number of aliphatic hydroxyl groups excluding tert-OH is 1. The topological polar surface area (TPSA) is 66.4 Å². The summed E-state index contributed by atoms with van der Waals surface area (Å²) in [6, 6.07) is 0. The number of hydrogen-bond donors (Lipinski definition) is 1. The van der Waals surface area contributed by atoms with Crippen LogP contribution in [0.3, 0.4) is 0 Å². The second-order valence-corrected chi connectivity index (χ2v) is 5.93. The molecule has 0 aromatic heterocycles. The van der Waals surface area contributed by atoms with Gasteiger partial charge in [-0.15, -0.1) is 0 Å². The van der Waals surface area contributed by atoms with Crippen molar-refractivity contribution in [3.05, 3.63) is 0 Å². The molecule has 0 aromatic carbocycles. The van der Waals surface area contributed by atoms with Crippen molar-refractivity contribution in [3.63, 3.8) is 0 Å². The van der Waals surface area contributed by atoms with Crippen molar-refractivity contribution in [1.29, 1.82) is 0 Å². The molecule has 0 spiro atoms. The molecule has 6 nitrogen and oxygen atoms in total. The quantitative estimate of drug-likeness (QED) is 0.735. The van der Waals surface area contributed by atoms with Crippen LogP contribution in [0.2, 0.25) is 0 Å². The second kappa shape index (κ2) is 3.88. The van der Waals surface area contributed by atoms with Gasteiger partial charge in [0.2, 0.25) is 0 Å². The molecule has 0 aromatic rings. The van der Waals surface area contributed by atoms with Crippen LogP contribution in [0, 0.1) is 0 Å². The highest BCUT2D eigenvalue weighted by Gasteiger charge is 2.57. The molecule has 3 aliphatic rings. The van der Waals surface area contributed by atoms with E-state index in [0.29, 0.717) is 6.61 Å². The Labute approximate surface area is 106 Å². The lowest BCUT2D eigenvalue weighted by Crippen LogP contribution is -2.42. The standard InChI is InChI=1S/C12H20O6/c1-11(2)14-5-6(16-11)8-7(13)9-10(15-8)18-12(3,4)17-9/h6-10,13H,5H2,1-4H3/t6?,7-,8-,9-,10+/m0/s1. The zero-order valence-electron chi connectivity index (χ0n) is 11.1. The Balaban J connectivity index is 1.68. The molecule has 0 saturated carbocycles. The van der Waals surface area contributed by atoms with E-state index < -0.39 is 36.2 Å². The van der Waals surface area contributed by atoms with Gasteiger partial charge in [0.1, 0.15) is 24.4 Å². The summed E-state index contributed by atoms with van der Waals surface area (Å²) in [5.74, 6) is -1.35. The fraction of sp³-hybridized carbons (Fsp3) is 1.00. The van der Waals surface area contributed by atoms with Crippen molar-refractivity contribution in [2.24, 2.45) is 0 Å². The largest absolute Gasteiger partial charge is 0.387 e. The van der Waals surface area contributed by atoms with E-state index in [1.54, 1.807) is 13.8 Å². The Bertz CT molecular complexity index is 341. The van der Waals surface area contributed by atoms with Crippen LogP contribution >= 0.6 is 0 Å². The molecule has 0 amide bonds. The lowest BCUT2D eigenvalue weighted by molar-refractivity contribution is -0.232. The van der Waals surface area contributed by atoms with E-state index in [4.69, 9.17) is 23.7 Å². The van der Waals surface area contributed by atoms with Gasteiger partial charge in [0.15, 0.2) is 17.9 Å². The first-order chi connectivity index (χ1) is 8.27. The number of hydrogen-bond acceptors (Lipinski definition) is 6. The fourth-order valence-electron chi connectivity index (χ4n) is 2.70. The molecule has 5 atom stereocenters. The van der Waals surface area contributed by atoms with Crippen LogP contribution in [-0.4, -0.2) is 54.0 Å². The van der Waals surface area contributed by atoms with Crippen molar-refractivity contribution >= 4 is 0 Å². The molecule has 0 aliphatic carbocycles. The van der Waals surface area contributed by atoms with Gasteiger partial charge >= 0.3 is 0 Å². The number of rotatable bonds is 1. The molecule has 1 unspecified atom stereocenters. The van der Waals surface area contributed by atoms with Crippen LogP contribution in [0.25, 0.3) is 0 Å². The van der Waals surface area contributed by atoms with E-state index in [-0.39, 0.29) is 6.10 Å². The number of fused-ring (bicyclic) bond motifs is 1. The SMILES string of the molecule is CC1(C)OCC([C@@H]2O[C@@H]3OC(C)(C)O[C@H]3[C@H]2O)O1. The van der Waals surface area contributed by atoms with Crippen LogP contribution < -0.4 is 0 Å². The zero-order chi connectivity index (χ0) is 13.1. The molecule has 3 aliphatic heterocycles. The van der Waals surface area contributed by atoms with Crippen molar-refractivity contribution in [1.82, 2.24) is 0 Å². The van der Waals surface area contributed by atoms with Crippen molar-refractivity contribution in [3.8, 4) is 0 Å². The second-order valence-electron chi connectivity index (χ2n) is 5.93. The highest BCUT2D eigenvalue weighted by molar-refractivity contribution is 4.97. The average molecular weight is 260 g/mol. The Kier molecular flexibility index (Phi) is 2.75. The minimum Gasteiger partial charge on any atom is -0.387 e. The predicted octanol–water partition coefficient (Wildman–Crippen LogP) is 0.375. The van der Waals surface area contributed by atoms with Gasteiger partial charge in [-0.05, 0) is 27.7 Å². The van der Waals surface area contributed by atoms with Gasteiger partial charge < -0.3 is 28.8 Å². The zero-order valence-corrected chi connectivity index (χ0v) is 11.1. The van der Waals surface area contributed by atoms with Crippen molar-refractivity contribution in [2.45, 2.75) is 70.0 Å². The first-order valence-corrected chi connectivity index (χ1v) is 6.28. The molecule has 6 heteroatoms. The Hall–Kier alpha value is -0.240. The maximum absolute atomic E-state index is 10.3. The average Bonchev–Trinajstić information content (AvgIpc) is 2.81. The third kappa shape index (κ3) is 2.07. The fourth-order valence-corrected chi connectivity index (χ4v) is 2.70. The minimum absolute atomic E-state index is 0.295. The Morgan fingerprint density at radius 1 is 0.944 bits per heavy atom. The molecule has 3 saturated heterocycles. The molecular formula is C12H20O6. The highest BCUT2D eigenvalue weighted by atomic mass is 16.8. The molecule has 3 heterocycles. The van der Waals surface area contributed by atoms with Gasteiger partial charge in [0, 0.05) is 0 Å². The smallest absolute Gasteiger partial charge is 0.190 e. The predicted molar refractivity (Wildman–Crippen MR) is 59.6 cm³/mol. The lowest BCUT2D eigenvalue weighted by Gasteiger charge is -2.26. The van der Waals surface area contributed by atoms with Gasteiger partial charge in [-0.25, -0.2) is 0 Å². The summed E-state index contributed by atoms with van der Waals surface area (Å²) in [5, 5.41) is 10.3. The van der Waals surface area contributed by atoms with Gasteiger partial charge in [-0.2, -0.15) is 0 Å². The summed E-state index contributed by atoms with van der Waals surface area (Å²) in [5.41, 5.74) is 0.